The molecule has 1 aromatic rings. The number of hydrogen-bond donors (Lipinski definition) is 1. The maximum Gasteiger partial charge on any atom is 0.339 e. The van der Waals surface area contributed by atoms with Crippen LogP contribution in [-0.2, 0) is 20.8 Å². The van der Waals surface area contributed by atoms with Gasteiger partial charge >= 0.3 is 5.97 Å². The Labute approximate surface area is 130 Å². The van der Waals surface area contributed by atoms with Gasteiger partial charge in [0, 0.05) is 25.2 Å². The number of ether oxygens (including phenoxy) is 3. The Morgan fingerprint density at radius 2 is 2.14 bits per heavy atom. The van der Waals surface area contributed by atoms with Crippen molar-refractivity contribution in [1.82, 2.24) is 4.90 Å². The van der Waals surface area contributed by atoms with Gasteiger partial charge in [0.05, 0.1) is 26.9 Å². The maximum absolute atomic E-state index is 11.7. The van der Waals surface area contributed by atoms with Crippen molar-refractivity contribution in [2.24, 2.45) is 0 Å². The smallest absolute Gasteiger partial charge is 0.339 e. The van der Waals surface area contributed by atoms with Crippen LogP contribution in [0.4, 0.5) is 0 Å². The van der Waals surface area contributed by atoms with Gasteiger partial charge in [0.25, 0.3) is 0 Å². The molecule has 1 N–H and O–H groups in total. The molecule has 0 saturated carbocycles. The molecule has 0 aromatic heterocycles. The number of nitrogens with zero attached hydrogens (tertiary/aromatic N) is 1. The van der Waals surface area contributed by atoms with E-state index in [2.05, 4.69) is 4.90 Å². The highest BCUT2D eigenvalue weighted by Crippen LogP contribution is 2.25. The predicted molar refractivity (Wildman–Crippen MR) is 80.7 cm³/mol. The molecule has 1 aliphatic heterocycles. The molecule has 0 aliphatic carbocycles. The van der Waals surface area contributed by atoms with Gasteiger partial charge in [-0.25, -0.2) is 4.79 Å². The number of morpholine rings is 1. The number of carbonyl (C=O) groups is 1. The van der Waals surface area contributed by atoms with Crippen molar-refractivity contribution in [2.75, 3.05) is 40.0 Å². The molecular weight excluding hydrogens is 286 g/mol. The molecule has 6 heteroatoms. The van der Waals surface area contributed by atoms with E-state index in [0.717, 1.165) is 24.4 Å². The molecule has 0 bridgehead atoms. The van der Waals surface area contributed by atoms with Crippen LogP contribution in [0.2, 0.25) is 0 Å². The summed E-state index contributed by atoms with van der Waals surface area (Å²) in [5, 5.41) is 10.1. The third-order valence-corrected chi connectivity index (χ3v) is 3.63. The summed E-state index contributed by atoms with van der Waals surface area (Å²) in [5.74, 6) is 0.108. The Bertz CT molecular complexity index is 499. The average Bonchev–Trinajstić information content (AvgIpc) is 2.55. The zero-order valence-electron chi connectivity index (χ0n) is 13.1. The number of rotatable bonds is 6. The number of carbonyl (C=O) groups excluding carboxylic acids is 1. The largest absolute Gasteiger partial charge is 0.496 e. The second-order valence-corrected chi connectivity index (χ2v) is 5.11. The zero-order valence-corrected chi connectivity index (χ0v) is 13.1. The van der Waals surface area contributed by atoms with Crippen molar-refractivity contribution < 1.29 is 24.1 Å². The predicted octanol–water partition coefficient (Wildman–Crippen LogP) is 1.12. The number of hydrogen-bond acceptors (Lipinski definition) is 6. The highest BCUT2D eigenvalue weighted by molar-refractivity contribution is 5.76. The summed E-state index contributed by atoms with van der Waals surface area (Å²) in [6, 6.07) is 5.26. The van der Waals surface area contributed by atoms with E-state index in [-0.39, 0.29) is 6.61 Å². The normalized spacial score (nSPS) is 17.0. The van der Waals surface area contributed by atoms with Gasteiger partial charge in [0.2, 0.25) is 0 Å². The number of benzene rings is 1. The van der Waals surface area contributed by atoms with Crippen LogP contribution in [0.3, 0.4) is 0 Å². The first kappa shape index (κ1) is 16.7. The highest BCUT2D eigenvalue weighted by atomic mass is 16.5. The van der Waals surface area contributed by atoms with E-state index < -0.39 is 12.1 Å². The SMILES string of the molecule is CCOC(=O)C(O)c1ccc(OC)c(CN2CCOCC2)c1. The number of esters is 1. The number of methoxy groups -OCH3 is 1. The van der Waals surface area contributed by atoms with E-state index in [1.165, 1.54) is 0 Å². The Morgan fingerprint density at radius 3 is 2.77 bits per heavy atom. The van der Waals surface area contributed by atoms with Crippen molar-refractivity contribution >= 4 is 5.97 Å². The third-order valence-electron chi connectivity index (χ3n) is 3.63. The van der Waals surface area contributed by atoms with E-state index in [1.807, 2.05) is 0 Å². The summed E-state index contributed by atoms with van der Waals surface area (Å²) in [6.45, 7) is 5.79. The standard InChI is InChI=1S/C16H23NO5/c1-3-22-16(19)15(18)12-4-5-14(20-2)13(10-12)11-17-6-8-21-9-7-17/h4-5,10,15,18H,3,6-9,11H2,1-2H3. The fourth-order valence-electron chi connectivity index (χ4n) is 2.45. The second kappa shape index (κ2) is 8.12. The third kappa shape index (κ3) is 4.19. The van der Waals surface area contributed by atoms with Gasteiger partial charge in [-0.2, -0.15) is 0 Å². The summed E-state index contributed by atoms with van der Waals surface area (Å²) in [5.41, 5.74) is 1.45. The molecule has 6 nitrogen and oxygen atoms in total. The molecule has 1 aromatic carbocycles. The van der Waals surface area contributed by atoms with Crippen LogP contribution >= 0.6 is 0 Å². The van der Waals surface area contributed by atoms with E-state index in [0.29, 0.717) is 25.3 Å². The summed E-state index contributed by atoms with van der Waals surface area (Å²) in [4.78, 5) is 13.9. The van der Waals surface area contributed by atoms with Crippen LogP contribution in [0.25, 0.3) is 0 Å². The first-order valence-electron chi connectivity index (χ1n) is 7.47. The Morgan fingerprint density at radius 1 is 1.41 bits per heavy atom. The second-order valence-electron chi connectivity index (χ2n) is 5.11. The topological polar surface area (TPSA) is 68.2 Å². The number of aliphatic hydroxyl groups excluding tert-OH is 1. The van der Waals surface area contributed by atoms with Crippen molar-refractivity contribution in [1.29, 1.82) is 0 Å². The fraction of sp³-hybridized carbons (Fsp3) is 0.562. The lowest BCUT2D eigenvalue weighted by molar-refractivity contribution is -0.153. The number of aliphatic hydroxyl groups is 1. The molecule has 1 atom stereocenters. The Hall–Kier alpha value is -1.63. The summed E-state index contributed by atoms with van der Waals surface area (Å²) >= 11 is 0. The molecule has 2 rings (SSSR count). The average molecular weight is 309 g/mol. The fourth-order valence-corrected chi connectivity index (χ4v) is 2.45. The minimum absolute atomic E-state index is 0.243. The van der Waals surface area contributed by atoms with Crippen LogP contribution in [0.1, 0.15) is 24.2 Å². The van der Waals surface area contributed by atoms with Gasteiger partial charge in [0.1, 0.15) is 5.75 Å². The van der Waals surface area contributed by atoms with E-state index in [9.17, 15) is 9.90 Å². The van der Waals surface area contributed by atoms with Crippen LogP contribution in [-0.4, -0.2) is 56.0 Å². The lowest BCUT2D eigenvalue weighted by Crippen LogP contribution is -2.35. The van der Waals surface area contributed by atoms with E-state index >= 15 is 0 Å². The molecule has 1 unspecified atom stereocenters. The quantitative estimate of drug-likeness (QED) is 0.794. The van der Waals surface area contributed by atoms with Gasteiger partial charge in [-0.05, 0) is 24.6 Å². The van der Waals surface area contributed by atoms with Crippen molar-refractivity contribution in [2.45, 2.75) is 19.6 Å². The first-order valence-corrected chi connectivity index (χ1v) is 7.47. The minimum atomic E-state index is -1.27. The minimum Gasteiger partial charge on any atom is -0.496 e. The molecule has 0 amide bonds. The van der Waals surface area contributed by atoms with Gasteiger partial charge in [-0.1, -0.05) is 6.07 Å². The van der Waals surface area contributed by atoms with E-state index in [1.54, 1.807) is 32.2 Å². The molecule has 1 saturated heterocycles. The zero-order chi connectivity index (χ0) is 15.9. The van der Waals surface area contributed by atoms with Crippen LogP contribution in [0.15, 0.2) is 18.2 Å². The van der Waals surface area contributed by atoms with Gasteiger partial charge in [0.15, 0.2) is 6.10 Å². The first-order chi connectivity index (χ1) is 10.7. The monoisotopic (exact) mass is 309 g/mol. The molecule has 0 radical (unpaired) electrons. The van der Waals surface area contributed by atoms with Crippen LogP contribution < -0.4 is 4.74 Å². The lowest BCUT2D eigenvalue weighted by Gasteiger charge is -2.27. The Kier molecular flexibility index (Phi) is 6.18. The summed E-state index contributed by atoms with van der Waals surface area (Å²) in [6.07, 6.45) is -1.27. The molecule has 1 fully saturated rings. The van der Waals surface area contributed by atoms with Gasteiger partial charge < -0.3 is 19.3 Å². The van der Waals surface area contributed by atoms with Crippen LogP contribution in [0, 0.1) is 0 Å². The van der Waals surface area contributed by atoms with E-state index in [4.69, 9.17) is 14.2 Å². The Balaban J connectivity index is 2.16. The molecule has 1 heterocycles. The molecule has 1 aliphatic rings. The van der Waals surface area contributed by atoms with Gasteiger partial charge in [-0.15, -0.1) is 0 Å². The molecule has 0 spiro atoms. The lowest BCUT2D eigenvalue weighted by atomic mass is 10.0. The van der Waals surface area contributed by atoms with Crippen LogP contribution in [0.5, 0.6) is 5.75 Å². The van der Waals surface area contributed by atoms with Crippen molar-refractivity contribution in [3.63, 3.8) is 0 Å². The van der Waals surface area contributed by atoms with Crippen molar-refractivity contribution in [3.8, 4) is 5.75 Å². The molecular formula is C16H23NO5. The summed E-state index contributed by atoms with van der Waals surface area (Å²) < 4.78 is 15.6. The molecule has 22 heavy (non-hydrogen) atoms. The maximum atomic E-state index is 11.7. The van der Waals surface area contributed by atoms with Crippen molar-refractivity contribution in [3.05, 3.63) is 29.3 Å². The molecule has 122 valence electrons. The highest BCUT2D eigenvalue weighted by Gasteiger charge is 2.21. The van der Waals surface area contributed by atoms with Gasteiger partial charge in [-0.3, -0.25) is 4.90 Å². The summed E-state index contributed by atoms with van der Waals surface area (Å²) in [7, 11) is 1.61.